The number of nitrogens with zero attached hydrogens (tertiary/aromatic N) is 2. The first kappa shape index (κ1) is 28.4. The van der Waals surface area contributed by atoms with Crippen molar-refractivity contribution in [3.8, 4) is 0 Å². The zero-order valence-electron chi connectivity index (χ0n) is 19.7. The van der Waals surface area contributed by atoms with Crippen LogP contribution in [-0.4, -0.2) is 55.9 Å². The molecule has 0 bridgehead atoms. The number of anilines is 1. The molecular formula is C23H21ClF2N2O7S3. The van der Waals surface area contributed by atoms with E-state index in [0.29, 0.717) is 12.1 Å². The van der Waals surface area contributed by atoms with E-state index in [1.54, 1.807) is 0 Å². The van der Waals surface area contributed by atoms with Crippen molar-refractivity contribution >= 4 is 47.4 Å². The van der Waals surface area contributed by atoms with Crippen LogP contribution < -0.4 is 3.71 Å². The SMILES string of the molecule is Cc1cc(Cl)c(S(=O)(=O)N2CCOCC2)cc1N(S(=O)(=O)c1cccc(F)c1)S(=O)(=O)c1cccc(F)c1. The molecular weight excluding hydrogens is 586 g/mol. The Labute approximate surface area is 224 Å². The molecule has 0 atom stereocenters. The highest BCUT2D eigenvalue weighted by molar-refractivity contribution is 8.10. The van der Waals surface area contributed by atoms with E-state index in [1.165, 1.54) is 6.92 Å². The predicted molar refractivity (Wildman–Crippen MR) is 135 cm³/mol. The zero-order chi connectivity index (χ0) is 27.9. The summed E-state index contributed by atoms with van der Waals surface area (Å²) in [5.41, 5.74) is -0.620. The van der Waals surface area contributed by atoms with E-state index in [9.17, 15) is 34.0 Å². The molecule has 0 aromatic heterocycles. The fourth-order valence-corrected chi connectivity index (χ4v) is 9.65. The van der Waals surface area contributed by atoms with Crippen molar-refractivity contribution in [2.75, 3.05) is 30.0 Å². The van der Waals surface area contributed by atoms with E-state index in [2.05, 4.69) is 0 Å². The smallest absolute Gasteiger partial charge is 0.277 e. The van der Waals surface area contributed by atoms with Gasteiger partial charge in [-0.05, 0) is 61.0 Å². The molecule has 3 aromatic rings. The summed E-state index contributed by atoms with van der Waals surface area (Å²) in [5.74, 6) is -1.92. The van der Waals surface area contributed by atoms with Crippen LogP contribution in [0.1, 0.15) is 5.56 Å². The summed E-state index contributed by atoms with van der Waals surface area (Å²) in [6, 6.07) is 9.18. The Balaban J connectivity index is 2.01. The number of rotatable bonds is 7. The molecule has 9 nitrogen and oxygen atoms in total. The summed E-state index contributed by atoms with van der Waals surface area (Å²) < 4.78 is 116. The average molecular weight is 607 g/mol. The molecule has 0 N–H and O–H groups in total. The highest BCUT2D eigenvalue weighted by Gasteiger charge is 2.40. The monoisotopic (exact) mass is 606 g/mol. The summed E-state index contributed by atoms with van der Waals surface area (Å²) in [7, 11) is -14.5. The van der Waals surface area contributed by atoms with Crippen LogP contribution in [0.2, 0.25) is 5.02 Å². The van der Waals surface area contributed by atoms with Crippen LogP contribution in [0.4, 0.5) is 14.5 Å². The number of benzene rings is 3. The Kier molecular flexibility index (Phi) is 7.85. The second kappa shape index (κ2) is 10.5. The van der Waals surface area contributed by atoms with Crippen LogP contribution in [0.5, 0.6) is 0 Å². The van der Waals surface area contributed by atoms with Crippen molar-refractivity contribution in [1.29, 1.82) is 0 Å². The molecule has 1 aliphatic heterocycles. The maximum atomic E-state index is 14.0. The van der Waals surface area contributed by atoms with E-state index in [1.807, 2.05) is 0 Å². The van der Waals surface area contributed by atoms with Gasteiger partial charge in [0, 0.05) is 13.1 Å². The van der Waals surface area contributed by atoms with Gasteiger partial charge in [0.2, 0.25) is 10.0 Å². The van der Waals surface area contributed by atoms with Crippen LogP contribution in [0.3, 0.4) is 0 Å². The van der Waals surface area contributed by atoms with Gasteiger partial charge < -0.3 is 4.74 Å². The van der Waals surface area contributed by atoms with Crippen molar-refractivity contribution < 1.29 is 38.8 Å². The molecule has 4 rings (SSSR count). The van der Waals surface area contributed by atoms with Gasteiger partial charge in [-0.15, -0.1) is 0 Å². The third-order valence-corrected chi connectivity index (χ3v) is 12.2. The Morgan fingerprint density at radius 3 is 1.79 bits per heavy atom. The highest BCUT2D eigenvalue weighted by atomic mass is 35.5. The first-order valence-corrected chi connectivity index (χ1v) is 15.7. The summed E-state index contributed by atoms with van der Waals surface area (Å²) in [6.45, 7) is 1.54. The molecule has 3 aromatic carbocycles. The van der Waals surface area contributed by atoms with Gasteiger partial charge in [0.25, 0.3) is 20.0 Å². The maximum absolute atomic E-state index is 14.0. The molecule has 0 aliphatic carbocycles. The van der Waals surface area contributed by atoms with E-state index < -0.39 is 62.1 Å². The predicted octanol–water partition coefficient (Wildman–Crippen LogP) is 3.53. The third-order valence-electron chi connectivity index (χ3n) is 5.66. The lowest BCUT2D eigenvalue weighted by Gasteiger charge is -2.29. The molecule has 0 amide bonds. The van der Waals surface area contributed by atoms with Gasteiger partial charge in [0.05, 0.1) is 33.7 Å². The van der Waals surface area contributed by atoms with Crippen molar-refractivity contribution in [3.63, 3.8) is 0 Å². The van der Waals surface area contributed by atoms with E-state index in [4.69, 9.17) is 16.3 Å². The molecule has 0 unspecified atom stereocenters. The topological polar surface area (TPSA) is 118 Å². The first-order chi connectivity index (χ1) is 17.8. The van der Waals surface area contributed by atoms with Crippen LogP contribution in [0.15, 0.2) is 75.4 Å². The fourth-order valence-electron chi connectivity index (χ4n) is 3.80. The second-order valence-corrected chi connectivity index (χ2v) is 14.3. The Hall–Kier alpha value is -2.62. The fraction of sp³-hybridized carbons (Fsp3) is 0.217. The van der Waals surface area contributed by atoms with Crippen LogP contribution in [0, 0.1) is 18.6 Å². The molecule has 1 aliphatic rings. The molecule has 0 spiro atoms. The average Bonchev–Trinajstić information content (AvgIpc) is 2.85. The van der Waals surface area contributed by atoms with Crippen molar-refractivity contribution in [2.45, 2.75) is 21.6 Å². The zero-order valence-corrected chi connectivity index (χ0v) is 22.9. The molecule has 0 radical (unpaired) electrons. The van der Waals surface area contributed by atoms with E-state index in [0.717, 1.165) is 52.8 Å². The number of morpholine rings is 1. The summed E-state index contributed by atoms with van der Waals surface area (Å²) in [5, 5.41) is -0.274. The van der Waals surface area contributed by atoms with Gasteiger partial charge in [-0.2, -0.15) is 8.02 Å². The Morgan fingerprint density at radius 1 is 0.816 bits per heavy atom. The maximum Gasteiger partial charge on any atom is 0.277 e. The number of halogens is 3. The quantitative estimate of drug-likeness (QED) is 0.404. The summed E-state index contributed by atoms with van der Waals surface area (Å²) >= 11 is 6.26. The normalized spacial score (nSPS) is 15.4. The minimum atomic E-state index is -5.11. The molecule has 38 heavy (non-hydrogen) atoms. The molecule has 0 saturated carbocycles. The highest BCUT2D eigenvalue weighted by Crippen LogP contribution is 2.38. The van der Waals surface area contributed by atoms with Gasteiger partial charge in [0.1, 0.15) is 16.5 Å². The van der Waals surface area contributed by atoms with Gasteiger partial charge >= 0.3 is 0 Å². The number of hydrogen-bond acceptors (Lipinski definition) is 7. The lowest BCUT2D eigenvalue weighted by atomic mass is 10.2. The standard InChI is InChI=1S/C23H21ClF2N2O7S3/c1-16-12-21(24)23(38(33,34)27-8-10-35-11-9-27)15-22(16)28(36(29,30)19-6-2-4-17(25)13-19)37(31,32)20-7-3-5-18(26)14-20/h2-7,12-15H,8-11H2,1H3. The van der Waals surface area contributed by atoms with Gasteiger partial charge in [0.15, 0.2) is 0 Å². The lowest BCUT2D eigenvalue weighted by Crippen LogP contribution is -2.41. The van der Waals surface area contributed by atoms with Gasteiger partial charge in [-0.25, -0.2) is 34.0 Å². The first-order valence-electron chi connectivity index (χ1n) is 11.0. The van der Waals surface area contributed by atoms with E-state index >= 15 is 0 Å². The largest absolute Gasteiger partial charge is 0.379 e. The second-order valence-electron chi connectivity index (χ2n) is 8.21. The molecule has 204 valence electrons. The molecule has 1 saturated heterocycles. The summed E-state index contributed by atoms with van der Waals surface area (Å²) in [6.07, 6.45) is 0. The number of hydrogen-bond donors (Lipinski definition) is 0. The van der Waals surface area contributed by atoms with Crippen LogP contribution in [-0.2, 0) is 34.8 Å². The Bertz CT molecular complexity index is 1630. The third kappa shape index (κ3) is 5.28. The Morgan fingerprint density at radius 2 is 1.32 bits per heavy atom. The van der Waals surface area contributed by atoms with Gasteiger partial charge in [-0.3, -0.25) is 0 Å². The van der Waals surface area contributed by atoms with Crippen molar-refractivity contribution in [3.05, 3.63) is 82.9 Å². The van der Waals surface area contributed by atoms with E-state index in [-0.39, 0.29) is 40.6 Å². The molecule has 1 heterocycles. The minimum Gasteiger partial charge on any atom is -0.379 e. The van der Waals surface area contributed by atoms with Crippen LogP contribution >= 0.6 is 11.6 Å². The molecule has 15 heteroatoms. The van der Waals surface area contributed by atoms with Crippen molar-refractivity contribution in [2.24, 2.45) is 0 Å². The van der Waals surface area contributed by atoms with Gasteiger partial charge in [-0.1, -0.05) is 23.7 Å². The minimum absolute atomic E-state index is 0.00519. The number of aryl methyl sites for hydroxylation is 1. The lowest BCUT2D eigenvalue weighted by molar-refractivity contribution is 0.0730. The molecule has 1 fully saturated rings. The number of sulfonamides is 3. The van der Waals surface area contributed by atoms with Crippen LogP contribution in [0.25, 0.3) is 0 Å². The number of ether oxygens (including phenoxy) is 1. The summed E-state index contributed by atoms with van der Waals surface area (Å²) in [4.78, 5) is -2.01. The van der Waals surface area contributed by atoms with Crippen molar-refractivity contribution in [1.82, 2.24) is 4.31 Å².